The fourth-order valence-corrected chi connectivity index (χ4v) is 2.59. The van der Waals surface area contributed by atoms with Crippen LogP contribution in [0.1, 0.15) is 47.5 Å². The van der Waals surface area contributed by atoms with Crippen LogP contribution in [0.2, 0.25) is 0 Å². The Balaban J connectivity index is 2.88. The third-order valence-electron chi connectivity index (χ3n) is 4.17. The van der Waals surface area contributed by atoms with Gasteiger partial charge in [-0.2, -0.15) is 0 Å². The summed E-state index contributed by atoms with van der Waals surface area (Å²) in [5.74, 6) is 0.269. The third kappa shape index (κ3) is 5.27. The molecule has 0 saturated carbocycles. The summed E-state index contributed by atoms with van der Waals surface area (Å²) < 4.78 is 0. The zero-order chi connectivity index (χ0) is 16.8. The summed E-state index contributed by atoms with van der Waals surface area (Å²) in [6.07, 6.45) is 13.4. The van der Waals surface area contributed by atoms with Gasteiger partial charge in [-0.3, -0.25) is 4.79 Å². The van der Waals surface area contributed by atoms with Crippen LogP contribution in [0.4, 0.5) is 0 Å². The maximum absolute atomic E-state index is 11.9. The Labute approximate surface area is 134 Å². The van der Waals surface area contributed by atoms with Gasteiger partial charge in [-0.25, -0.2) is 0 Å². The molecular formula is C20H28O2. The maximum Gasteiger partial charge on any atom is 0.158 e. The number of Topliss-reactive ketones (excluding diaryl/α,β-unsaturated/α-hetero) is 1. The number of ketones is 1. The zero-order valence-corrected chi connectivity index (χ0v) is 14.4. The lowest BCUT2D eigenvalue weighted by molar-refractivity contribution is -0.116. The topological polar surface area (TPSA) is 37.3 Å². The van der Waals surface area contributed by atoms with E-state index in [1.807, 2.05) is 39.0 Å². The smallest absolute Gasteiger partial charge is 0.158 e. The lowest BCUT2D eigenvalue weighted by Gasteiger charge is -2.32. The van der Waals surface area contributed by atoms with Gasteiger partial charge in [0.05, 0.1) is 6.61 Å². The van der Waals surface area contributed by atoms with Gasteiger partial charge in [0.15, 0.2) is 5.78 Å². The molecule has 120 valence electrons. The van der Waals surface area contributed by atoms with Gasteiger partial charge in [0, 0.05) is 6.42 Å². The average molecular weight is 300 g/mol. The van der Waals surface area contributed by atoms with Crippen molar-refractivity contribution in [1.82, 2.24) is 0 Å². The Morgan fingerprint density at radius 2 is 1.91 bits per heavy atom. The molecule has 1 aliphatic rings. The van der Waals surface area contributed by atoms with Crippen LogP contribution >= 0.6 is 0 Å². The quantitative estimate of drug-likeness (QED) is 0.748. The molecule has 0 bridgehead atoms. The molecule has 22 heavy (non-hydrogen) atoms. The van der Waals surface area contributed by atoms with E-state index in [1.54, 1.807) is 6.08 Å². The summed E-state index contributed by atoms with van der Waals surface area (Å²) in [6, 6.07) is 0. The SMILES string of the molecule is CC1=C(/C=C/C(C)=C\C=C\C(C)=C/CO)C(C)(C)CCC1=O. The lowest BCUT2D eigenvalue weighted by Crippen LogP contribution is -2.24. The van der Waals surface area contributed by atoms with Gasteiger partial charge in [0.2, 0.25) is 0 Å². The summed E-state index contributed by atoms with van der Waals surface area (Å²) in [5.41, 5.74) is 4.27. The largest absolute Gasteiger partial charge is 0.392 e. The van der Waals surface area contributed by atoms with Crippen molar-refractivity contribution in [3.63, 3.8) is 0 Å². The molecule has 1 N–H and O–H groups in total. The van der Waals surface area contributed by atoms with Crippen LogP contribution in [0, 0.1) is 5.41 Å². The minimum absolute atomic E-state index is 0.0606. The predicted molar refractivity (Wildman–Crippen MR) is 93.6 cm³/mol. The van der Waals surface area contributed by atoms with Gasteiger partial charge >= 0.3 is 0 Å². The summed E-state index contributed by atoms with van der Waals surface area (Å²) in [7, 11) is 0. The Hall–Kier alpha value is -1.67. The molecule has 0 heterocycles. The van der Waals surface area contributed by atoms with E-state index in [0.29, 0.717) is 6.42 Å². The molecule has 0 amide bonds. The van der Waals surface area contributed by atoms with Gasteiger partial charge in [0.25, 0.3) is 0 Å². The second-order valence-corrected chi connectivity index (χ2v) is 6.58. The van der Waals surface area contributed by atoms with E-state index >= 15 is 0 Å². The number of aliphatic hydroxyl groups is 1. The van der Waals surface area contributed by atoms with Crippen LogP contribution in [0.3, 0.4) is 0 Å². The maximum atomic E-state index is 11.9. The molecule has 1 rings (SSSR count). The summed E-state index contributed by atoms with van der Waals surface area (Å²) in [4.78, 5) is 11.9. The molecule has 0 aromatic rings. The van der Waals surface area contributed by atoms with Crippen molar-refractivity contribution in [3.05, 3.63) is 58.7 Å². The second kappa shape index (κ2) is 8.09. The fourth-order valence-electron chi connectivity index (χ4n) is 2.59. The first-order valence-electron chi connectivity index (χ1n) is 7.83. The normalized spacial score (nSPS) is 20.5. The van der Waals surface area contributed by atoms with Gasteiger partial charge in [-0.1, -0.05) is 61.4 Å². The highest BCUT2D eigenvalue weighted by molar-refractivity contribution is 5.97. The van der Waals surface area contributed by atoms with Crippen molar-refractivity contribution in [1.29, 1.82) is 0 Å². The van der Waals surface area contributed by atoms with E-state index in [0.717, 1.165) is 28.7 Å². The molecule has 0 radical (unpaired) electrons. The van der Waals surface area contributed by atoms with Crippen molar-refractivity contribution in [2.45, 2.75) is 47.5 Å². The van der Waals surface area contributed by atoms with E-state index in [9.17, 15) is 4.79 Å². The molecule has 0 aromatic heterocycles. The number of aliphatic hydroxyl groups excluding tert-OH is 1. The number of hydrogen-bond acceptors (Lipinski definition) is 2. The summed E-state index contributed by atoms with van der Waals surface area (Å²) in [5, 5.41) is 8.80. The molecule has 2 heteroatoms. The molecule has 2 nitrogen and oxygen atoms in total. The number of rotatable bonds is 5. The van der Waals surface area contributed by atoms with E-state index < -0.39 is 0 Å². The molecule has 1 aliphatic carbocycles. The second-order valence-electron chi connectivity index (χ2n) is 6.58. The molecule has 0 saturated heterocycles. The standard InChI is InChI=1S/C20H28O2/c1-15(7-6-8-16(2)12-14-21)9-10-18-17(3)19(22)11-13-20(18,4)5/h6-10,12,21H,11,13-14H2,1-5H3/b8-6+,10-9+,15-7-,16-12-. The monoisotopic (exact) mass is 300 g/mol. The molecule has 0 aliphatic heterocycles. The van der Waals surface area contributed by atoms with Crippen LogP contribution < -0.4 is 0 Å². The van der Waals surface area contributed by atoms with Gasteiger partial charge in [-0.15, -0.1) is 0 Å². The average Bonchev–Trinajstić information content (AvgIpc) is 2.43. The molecule has 0 aromatic carbocycles. The van der Waals surface area contributed by atoms with Crippen LogP contribution in [0.25, 0.3) is 0 Å². The number of hydrogen-bond donors (Lipinski definition) is 1. The van der Waals surface area contributed by atoms with E-state index in [2.05, 4.69) is 26.0 Å². The van der Waals surface area contributed by atoms with Crippen LogP contribution in [0.5, 0.6) is 0 Å². The Kier molecular flexibility index (Phi) is 6.76. The molecule has 0 spiro atoms. The van der Waals surface area contributed by atoms with Crippen molar-refractivity contribution in [2.75, 3.05) is 6.61 Å². The van der Waals surface area contributed by atoms with Crippen LogP contribution in [-0.4, -0.2) is 17.5 Å². The molecule has 0 unspecified atom stereocenters. The summed E-state index contributed by atoms with van der Waals surface area (Å²) >= 11 is 0. The minimum Gasteiger partial charge on any atom is -0.392 e. The third-order valence-corrected chi connectivity index (χ3v) is 4.17. The van der Waals surface area contributed by atoms with Crippen molar-refractivity contribution in [3.8, 4) is 0 Å². The van der Waals surface area contributed by atoms with Gasteiger partial charge in [0.1, 0.15) is 0 Å². The summed E-state index contributed by atoms with van der Waals surface area (Å²) in [6.45, 7) is 10.4. The first-order chi connectivity index (χ1) is 10.3. The van der Waals surface area contributed by atoms with E-state index in [1.165, 1.54) is 0 Å². The Morgan fingerprint density at radius 3 is 2.55 bits per heavy atom. The minimum atomic E-state index is 0.0606. The van der Waals surface area contributed by atoms with Crippen LogP contribution in [-0.2, 0) is 4.79 Å². The van der Waals surface area contributed by atoms with Crippen molar-refractivity contribution < 1.29 is 9.90 Å². The van der Waals surface area contributed by atoms with Crippen molar-refractivity contribution in [2.24, 2.45) is 5.41 Å². The predicted octanol–water partition coefficient (Wildman–Crippen LogP) is 4.69. The number of carbonyl (C=O) groups is 1. The zero-order valence-electron chi connectivity index (χ0n) is 14.4. The van der Waals surface area contributed by atoms with E-state index in [-0.39, 0.29) is 17.8 Å². The van der Waals surface area contributed by atoms with Crippen molar-refractivity contribution >= 4 is 5.78 Å². The molecule has 0 fully saturated rings. The highest BCUT2D eigenvalue weighted by Gasteiger charge is 2.30. The Morgan fingerprint density at radius 1 is 1.23 bits per heavy atom. The van der Waals surface area contributed by atoms with Gasteiger partial charge in [-0.05, 0) is 43.8 Å². The highest BCUT2D eigenvalue weighted by atomic mass is 16.2. The first kappa shape index (κ1) is 18.4. The Bertz CT molecular complexity index is 567. The number of allylic oxidation sites excluding steroid dienone is 9. The fraction of sp³-hybridized carbons (Fsp3) is 0.450. The highest BCUT2D eigenvalue weighted by Crippen LogP contribution is 2.39. The molecular weight excluding hydrogens is 272 g/mol. The number of carbonyl (C=O) groups excluding carboxylic acids is 1. The van der Waals surface area contributed by atoms with Gasteiger partial charge < -0.3 is 5.11 Å². The first-order valence-corrected chi connectivity index (χ1v) is 7.83. The lowest BCUT2D eigenvalue weighted by atomic mass is 9.72. The molecule has 0 atom stereocenters. The van der Waals surface area contributed by atoms with Crippen LogP contribution in [0.15, 0.2) is 58.7 Å². The van der Waals surface area contributed by atoms with E-state index in [4.69, 9.17) is 5.11 Å².